The Morgan fingerprint density at radius 1 is 1.64 bits per heavy atom. The van der Waals surface area contributed by atoms with Crippen molar-refractivity contribution in [3.8, 4) is 0 Å². The van der Waals surface area contributed by atoms with Crippen molar-refractivity contribution >= 4 is 6.09 Å². The number of nitrogens with zero attached hydrogens (tertiary/aromatic N) is 1. The van der Waals surface area contributed by atoms with Crippen LogP contribution in [0.4, 0.5) is 4.79 Å². The van der Waals surface area contributed by atoms with Crippen LogP contribution in [0.25, 0.3) is 0 Å². The maximum atomic E-state index is 10.6. The Morgan fingerprint density at radius 3 is 2.71 bits per heavy atom. The van der Waals surface area contributed by atoms with Gasteiger partial charge in [0.2, 0.25) is 0 Å². The smallest absolute Gasteiger partial charge is 0.404 e. The van der Waals surface area contributed by atoms with E-state index in [-0.39, 0.29) is 11.6 Å². The molecule has 1 heterocycles. The van der Waals surface area contributed by atoms with Crippen LogP contribution in [0.5, 0.6) is 0 Å². The van der Waals surface area contributed by atoms with Gasteiger partial charge in [-0.1, -0.05) is 6.92 Å². The molecule has 0 aromatic carbocycles. The normalized spacial score (nSPS) is 27.2. The number of piperidine rings is 1. The van der Waals surface area contributed by atoms with Crippen LogP contribution in [-0.2, 0) is 4.74 Å². The summed E-state index contributed by atoms with van der Waals surface area (Å²) in [5.41, 5.74) is 5.11. The second-order valence-corrected chi connectivity index (χ2v) is 4.44. The lowest BCUT2D eigenvalue weighted by Gasteiger charge is -2.44. The summed E-state index contributed by atoms with van der Waals surface area (Å²) in [6, 6.07) is 0. The highest BCUT2D eigenvalue weighted by Crippen LogP contribution is 2.28. The highest BCUT2D eigenvalue weighted by atomic mass is 16.6. The lowest BCUT2D eigenvalue weighted by atomic mass is 9.88. The SMILES string of the molecule is CCN1CCC(OC(N)=O)CC1(C)C. The number of carbonyl (C=O) groups excluding carboxylic acids is 1. The van der Waals surface area contributed by atoms with Gasteiger partial charge in [-0.05, 0) is 26.8 Å². The van der Waals surface area contributed by atoms with Gasteiger partial charge in [0.25, 0.3) is 0 Å². The molecule has 2 N–H and O–H groups in total. The predicted octanol–water partition coefficient (Wildman–Crippen LogP) is 1.34. The minimum absolute atomic E-state index is 0.00898. The number of rotatable bonds is 2. The zero-order valence-electron chi connectivity index (χ0n) is 9.25. The molecule has 0 aliphatic carbocycles. The first-order valence-electron chi connectivity index (χ1n) is 5.17. The molecule has 0 aromatic rings. The minimum Gasteiger partial charge on any atom is -0.446 e. The zero-order chi connectivity index (χ0) is 10.8. The van der Waals surface area contributed by atoms with Crippen molar-refractivity contribution in [2.45, 2.75) is 45.3 Å². The van der Waals surface area contributed by atoms with Crippen LogP contribution >= 0.6 is 0 Å². The third-order valence-corrected chi connectivity index (χ3v) is 2.97. The van der Waals surface area contributed by atoms with E-state index in [1.54, 1.807) is 0 Å². The van der Waals surface area contributed by atoms with E-state index in [4.69, 9.17) is 10.5 Å². The summed E-state index contributed by atoms with van der Waals surface area (Å²) in [6.45, 7) is 8.51. The van der Waals surface area contributed by atoms with Gasteiger partial charge in [0.1, 0.15) is 6.10 Å². The quantitative estimate of drug-likeness (QED) is 0.732. The zero-order valence-corrected chi connectivity index (χ0v) is 9.25. The number of hydrogen-bond donors (Lipinski definition) is 1. The van der Waals surface area contributed by atoms with Crippen LogP contribution < -0.4 is 5.73 Å². The molecule has 1 fully saturated rings. The molecular formula is C10H20N2O2. The molecule has 0 bridgehead atoms. The van der Waals surface area contributed by atoms with Gasteiger partial charge in [-0.2, -0.15) is 0 Å². The largest absolute Gasteiger partial charge is 0.446 e. The minimum atomic E-state index is -0.657. The maximum Gasteiger partial charge on any atom is 0.404 e. The van der Waals surface area contributed by atoms with Crippen LogP contribution in [0.2, 0.25) is 0 Å². The van der Waals surface area contributed by atoms with E-state index in [1.165, 1.54) is 0 Å². The number of hydrogen-bond acceptors (Lipinski definition) is 3. The number of primary amides is 1. The molecule has 0 aromatic heterocycles. The first kappa shape index (κ1) is 11.3. The second-order valence-electron chi connectivity index (χ2n) is 4.44. The highest BCUT2D eigenvalue weighted by Gasteiger charge is 2.35. The lowest BCUT2D eigenvalue weighted by Crippen LogP contribution is -2.52. The predicted molar refractivity (Wildman–Crippen MR) is 55.0 cm³/mol. The molecule has 1 aliphatic rings. The highest BCUT2D eigenvalue weighted by molar-refractivity contribution is 5.64. The third-order valence-electron chi connectivity index (χ3n) is 2.97. The monoisotopic (exact) mass is 200 g/mol. The summed E-state index contributed by atoms with van der Waals surface area (Å²) < 4.78 is 5.03. The fraction of sp³-hybridized carbons (Fsp3) is 0.900. The molecule has 1 unspecified atom stereocenters. The Morgan fingerprint density at radius 2 is 2.29 bits per heavy atom. The van der Waals surface area contributed by atoms with E-state index in [0.29, 0.717) is 0 Å². The average Bonchev–Trinajstić information content (AvgIpc) is 2.01. The fourth-order valence-corrected chi connectivity index (χ4v) is 2.24. The van der Waals surface area contributed by atoms with Gasteiger partial charge in [-0.25, -0.2) is 4.79 Å². The molecule has 1 atom stereocenters. The van der Waals surface area contributed by atoms with Crippen LogP contribution in [0.15, 0.2) is 0 Å². The Balaban J connectivity index is 2.53. The summed E-state index contributed by atoms with van der Waals surface area (Å²) in [7, 11) is 0. The van der Waals surface area contributed by atoms with Gasteiger partial charge in [-0.15, -0.1) is 0 Å². The van der Waals surface area contributed by atoms with Gasteiger partial charge in [0, 0.05) is 18.5 Å². The lowest BCUT2D eigenvalue weighted by molar-refractivity contribution is -0.00704. The van der Waals surface area contributed by atoms with Crippen molar-refractivity contribution in [3.63, 3.8) is 0 Å². The molecule has 4 nitrogen and oxygen atoms in total. The van der Waals surface area contributed by atoms with E-state index in [0.717, 1.165) is 25.9 Å². The maximum absolute atomic E-state index is 10.6. The second kappa shape index (κ2) is 4.17. The van der Waals surface area contributed by atoms with Gasteiger partial charge in [0.05, 0.1) is 0 Å². The first-order valence-corrected chi connectivity index (χ1v) is 5.17. The standard InChI is InChI=1S/C10H20N2O2/c1-4-12-6-5-8(14-9(11)13)7-10(12,2)3/h8H,4-7H2,1-3H3,(H2,11,13). The van der Waals surface area contributed by atoms with Crippen molar-refractivity contribution in [1.29, 1.82) is 0 Å². The number of nitrogens with two attached hydrogens (primary N) is 1. The average molecular weight is 200 g/mol. The van der Waals surface area contributed by atoms with E-state index in [2.05, 4.69) is 25.7 Å². The summed E-state index contributed by atoms with van der Waals surface area (Å²) in [5, 5.41) is 0. The fourth-order valence-electron chi connectivity index (χ4n) is 2.24. The van der Waals surface area contributed by atoms with Gasteiger partial charge in [0.15, 0.2) is 0 Å². The molecule has 0 saturated carbocycles. The van der Waals surface area contributed by atoms with Gasteiger partial charge < -0.3 is 10.5 Å². The Bertz CT molecular complexity index is 216. The number of ether oxygens (including phenoxy) is 1. The van der Waals surface area contributed by atoms with Gasteiger partial charge in [-0.3, -0.25) is 4.90 Å². The van der Waals surface area contributed by atoms with Crippen molar-refractivity contribution < 1.29 is 9.53 Å². The van der Waals surface area contributed by atoms with Crippen molar-refractivity contribution in [3.05, 3.63) is 0 Å². The number of amides is 1. The molecule has 82 valence electrons. The number of likely N-dealkylation sites (tertiary alicyclic amines) is 1. The molecule has 4 heteroatoms. The van der Waals surface area contributed by atoms with Crippen LogP contribution in [-0.4, -0.2) is 35.7 Å². The molecule has 1 saturated heterocycles. The van der Waals surface area contributed by atoms with Crippen molar-refractivity contribution in [2.24, 2.45) is 5.73 Å². The van der Waals surface area contributed by atoms with E-state index in [1.807, 2.05) is 0 Å². The topological polar surface area (TPSA) is 55.6 Å². The number of carbonyl (C=O) groups is 1. The summed E-state index contributed by atoms with van der Waals surface area (Å²) >= 11 is 0. The van der Waals surface area contributed by atoms with Crippen LogP contribution in [0, 0.1) is 0 Å². The Hall–Kier alpha value is -0.770. The van der Waals surface area contributed by atoms with E-state index < -0.39 is 6.09 Å². The van der Waals surface area contributed by atoms with E-state index in [9.17, 15) is 4.79 Å². The van der Waals surface area contributed by atoms with Crippen molar-refractivity contribution in [2.75, 3.05) is 13.1 Å². The Kier molecular flexibility index (Phi) is 3.37. The van der Waals surface area contributed by atoms with Crippen molar-refractivity contribution in [1.82, 2.24) is 4.90 Å². The van der Waals surface area contributed by atoms with Crippen LogP contribution in [0.3, 0.4) is 0 Å². The first-order chi connectivity index (χ1) is 6.45. The van der Waals surface area contributed by atoms with Gasteiger partial charge >= 0.3 is 6.09 Å². The summed E-state index contributed by atoms with van der Waals surface area (Å²) in [4.78, 5) is 13.0. The molecule has 1 amide bonds. The Labute approximate surface area is 85.4 Å². The molecular weight excluding hydrogens is 180 g/mol. The van der Waals surface area contributed by atoms with Crippen LogP contribution in [0.1, 0.15) is 33.6 Å². The molecule has 1 aliphatic heterocycles. The molecule has 0 radical (unpaired) electrons. The molecule has 0 spiro atoms. The molecule has 14 heavy (non-hydrogen) atoms. The summed E-state index contributed by atoms with van der Waals surface area (Å²) in [5.74, 6) is 0. The molecule has 1 rings (SSSR count). The summed E-state index contributed by atoms with van der Waals surface area (Å²) in [6.07, 6.45) is 1.09. The third kappa shape index (κ3) is 2.61. The van der Waals surface area contributed by atoms with E-state index >= 15 is 0 Å².